The number of aromatic amines is 1. The van der Waals surface area contributed by atoms with Crippen LogP contribution in [-0.2, 0) is 7.05 Å². The smallest absolute Gasteiger partial charge is 0.272 e. The minimum atomic E-state index is -0.157. The van der Waals surface area contributed by atoms with E-state index in [0.717, 1.165) is 23.4 Å². The molecule has 3 aromatic rings. The third kappa shape index (κ3) is 4.03. The van der Waals surface area contributed by atoms with Gasteiger partial charge in [0.15, 0.2) is 0 Å². The molecule has 1 atom stereocenters. The maximum absolute atomic E-state index is 13.1. The van der Waals surface area contributed by atoms with Gasteiger partial charge in [0.2, 0.25) is 0 Å². The first-order valence-electron chi connectivity index (χ1n) is 9.90. The number of aromatic nitrogens is 4. The summed E-state index contributed by atoms with van der Waals surface area (Å²) in [6, 6.07) is 7.32. The zero-order valence-electron chi connectivity index (χ0n) is 16.9. The fraction of sp³-hybridized carbons (Fsp3) is 0.429. The summed E-state index contributed by atoms with van der Waals surface area (Å²) in [6.45, 7) is 5.37. The molecular weight excluding hydrogens is 386 g/mol. The second-order valence-corrected chi connectivity index (χ2v) is 8.76. The number of amides is 1. The number of rotatable bonds is 4. The lowest BCUT2D eigenvalue weighted by Gasteiger charge is -2.32. The Morgan fingerprint density at radius 3 is 2.86 bits per heavy atom. The lowest BCUT2D eigenvalue weighted by atomic mass is 9.96. The van der Waals surface area contributed by atoms with Gasteiger partial charge in [-0.1, -0.05) is 19.9 Å². The van der Waals surface area contributed by atoms with Gasteiger partial charge in [0.1, 0.15) is 11.5 Å². The van der Waals surface area contributed by atoms with Crippen LogP contribution in [0.2, 0.25) is 0 Å². The first-order valence-corrected chi connectivity index (χ1v) is 10.8. The van der Waals surface area contributed by atoms with Crippen LogP contribution in [0.5, 0.6) is 0 Å². The summed E-state index contributed by atoms with van der Waals surface area (Å²) in [7, 11) is 1.81. The van der Waals surface area contributed by atoms with E-state index in [9.17, 15) is 9.59 Å². The molecule has 1 amide bonds. The van der Waals surface area contributed by atoms with Gasteiger partial charge in [-0.3, -0.25) is 14.3 Å². The SMILES string of the molecule is CC(C)c1cc(C(=O)N2CCCC(c3nc(-c4cccs4)cc(=O)[nH]3)C2)n(C)n1. The van der Waals surface area contributed by atoms with Crippen molar-refractivity contribution >= 4 is 17.2 Å². The maximum atomic E-state index is 13.1. The van der Waals surface area contributed by atoms with Crippen molar-refractivity contribution in [3.8, 4) is 10.6 Å². The summed E-state index contributed by atoms with van der Waals surface area (Å²) in [5.74, 6) is 0.920. The number of carbonyl (C=O) groups is 1. The molecule has 1 saturated heterocycles. The molecule has 3 aromatic heterocycles. The molecule has 0 spiro atoms. The van der Waals surface area contributed by atoms with E-state index in [0.29, 0.717) is 30.3 Å². The third-order valence-corrected chi connectivity index (χ3v) is 6.23. The predicted molar refractivity (Wildman–Crippen MR) is 113 cm³/mol. The molecule has 0 saturated carbocycles. The average Bonchev–Trinajstić information content (AvgIpc) is 3.37. The van der Waals surface area contributed by atoms with E-state index in [2.05, 4.69) is 23.9 Å². The Morgan fingerprint density at radius 1 is 1.34 bits per heavy atom. The highest BCUT2D eigenvalue weighted by Crippen LogP contribution is 2.28. The quantitative estimate of drug-likeness (QED) is 0.713. The highest BCUT2D eigenvalue weighted by atomic mass is 32.1. The highest BCUT2D eigenvalue weighted by Gasteiger charge is 2.29. The van der Waals surface area contributed by atoms with Crippen LogP contribution in [0.3, 0.4) is 0 Å². The number of hydrogen-bond donors (Lipinski definition) is 1. The number of aryl methyl sites for hydroxylation is 1. The molecule has 7 nitrogen and oxygen atoms in total. The summed E-state index contributed by atoms with van der Waals surface area (Å²) < 4.78 is 1.67. The standard InChI is InChI=1S/C21H25N5O2S/c1-13(2)15-10-17(25(3)24-15)21(28)26-8-4-6-14(12-26)20-22-16(11-19(27)23-20)18-7-5-9-29-18/h5,7,9-11,13-14H,4,6,8,12H2,1-3H3,(H,22,23,27). The van der Waals surface area contributed by atoms with Gasteiger partial charge in [0.05, 0.1) is 16.3 Å². The van der Waals surface area contributed by atoms with E-state index in [1.165, 1.54) is 6.07 Å². The van der Waals surface area contributed by atoms with Crippen LogP contribution in [0, 0.1) is 0 Å². The molecule has 1 unspecified atom stereocenters. The topological polar surface area (TPSA) is 83.9 Å². The number of nitrogens with zero attached hydrogens (tertiary/aromatic N) is 4. The molecule has 8 heteroatoms. The maximum Gasteiger partial charge on any atom is 0.272 e. The number of likely N-dealkylation sites (tertiary alicyclic amines) is 1. The van der Waals surface area contributed by atoms with Crippen LogP contribution in [0.1, 0.15) is 60.5 Å². The Balaban J connectivity index is 1.57. The van der Waals surface area contributed by atoms with Crippen molar-refractivity contribution in [2.45, 2.75) is 38.5 Å². The molecular formula is C21H25N5O2S. The van der Waals surface area contributed by atoms with Crippen molar-refractivity contribution in [1.29, 1.82) is 0 Å². The summed E-state index contributed by atoms with van der Waals surface area (Å²) in [6.07, 6.45) is 1.77. The third-order valence-electron chi connectivity index (χ3n) is 5.34. The Labute approximate surface area is 173 Å². The number of hydrogen-bond acceptors (Lipinski definition) is 5. The van der Waals surface area contributed by atoms with Crippen molar-refractivity contribution in [2.24, 2.45) is 7.05 Å². The molecule has 0 bridgehead atoms. The fourth-order valence-electron chi connectivity index (χ4n) is 3.74. The summed E-state index contributed by atoms with van der Waals surface area (Å²) in [4.78, 5) is 35.8. The molecule has 29 heavy (non-hydrogen) atoms. The van der Waals surface area contributed by atoms with Crippen LogP contribution in [0.4, 0.5) is 0 Å². The number of thiophene rings is 1. The van der Waals surface area contributed by atoms with Crippen molar-refractivity contribution in [3.05, 3.63) is 57.2 Å². The van der Waals surface area contributed by atoms with Crippen LogP contribution in [0.15, 0.2) is 34.4 Å². The van der Waals surface area contributed by atoms with E-state index in [1.54, 1.807) is 16.0 Å². The minimum absolute atomic E-state index is 0.0121. The number of piperidine rings is 1. The summed E-state index contributed by atoms with van der Waals surface area (Å²) in [5, 5.41) is 6.44. The largest absolute Gasteiger partial charge is 0.337 e. The zero-order chi connectivity index (χ0) is 20.5. The van der Waals surface area contributed by atoms with Crippen molar-refractivity contribution in [1.82, 2.24) is 24.6 Å². The Bertz CT molecular complexity index is 1070. The average molecular weight is 412 g/mol. The van der Waals surface area contributed by atoms with Crippen LogP contribution in [0.25, 0.3) is 10.6 Å². The molecule has 152 valence electrons. The van der Waals surface area contributed by atoms with Gasteiger partial charge in [-0.2, -0.15) is 5.10 Å². The second-order valence-electron chi connectivity index (χ2n) is 7.82. The molecule has 1 aliphatic heterocycles. The Morgan fingerprint density at radius 2 is 2.17 bits per heavy atom. The summed E-state index contributed by atoms with van der Waals surface area (Å²) >= 11 is 1.56. The molecule has 0 aliphatic carbocycles. The molecule has 1 fully saturated rings. The molecule has 4 rings (SSSR count). The number of H-pyrrole nitrogens is 1. The number of carbonyl (C=O) groups excluding carboxylic acids is 1. The van der Waals surface area contributed by atoms with Crippen molar-refractivity contribution in [2.75, 3.05) is 13.1 Å². The van der Waals surface area contributed by atoms with E-state index in [-0.39, 0.29) is 23.3 Å². The predicted octanol–water partition coefficient (Wildman–Crippen LogP) is 3.38. The van der Waals surface area contributed by atoms with Gasteiger partial charge >= 0.3 is 0 Å². The summed E-state index contributed by atoms with van der Waals surface area (Å²) in [5.41, 5.74) is 2.05. The highest BCUT2D eigenvalue weighted by molar-refractivity contribution is 7.13. The van der Waals surface area contributed by atoms with Crippen molar-refractivity contribution in [3.63, 3.8) is 0 Å². The van der Waals surface area contributed by atoms with Crippen LogP contribution < -0.4 is 5.56 Å². The van der Waals surface area contributed by atoms with E-state index in [1.807, 2.05) is 35.5 Å². The van der Waals surface area contributed by atoms with Gasteiger partial charge in [0.25, 0.3) is 11.5 Å². The van der Waals surface area contributed by atoms with Crippen LogP contribution >= 0.6 is 11.3 Å². The molecule has 0 aromatic carbocycles. The monoisotopic (exact) mass is 411 g/mol. The lowest BCUT2D eigenvalue weighted by molar-refractivity contribution is 0.0693. The van der Waals surface area contributed by atoms with E-state index >= 15 is 0 Å². The second kappa shape index (κ2) is 7.94. The Hall–Kier alpha value is -2.74. The zero-order valence-corrected chi connectivity index (χ0v) is 17.7. The van der Waals surface area contributed by atoms with Crippen LogP contribution in [-0.4, -0.2) is 43.6 Å². The normalized spacial score (nSPS) is 17.1. The Kier molecular flexibility index (Phi) is 5.36. The fourth-order valence-corrected chi connectivity index (χ4v) is 4.43. The molecule has 0 radical (unpaired) electrons. The van der Waals surface area contributed by atoms with E-state index in [4.69, 9.17) is 4.98 Å². The molecule has 1 N–H and O–H groups in total. The van der Waals surface area contributed by atoms with Gasteiger partial charge in [0, 0.05) is 32.1 Å². The van der Waals surface area contributed by atoms with Gasteiger partial charge in [-0.25, -0.2) is 4.98 Å². The molecule has 4 heterocycles. The first-order chi connectivity index (χ1) is 13.9. The minimum Gasteiger partial charge on any atom is -0.337 e. The van der Waals surface area contributed by atoms with Gasteiger partial charge in [-0.15, -0.1) is 11.3 Å². The van der Waals surface area contributed by atoms with Crippen molar-refractivity contribution < 1.29 is 4.79 Å². The first kappa shape index (κ1) is 19.6. The lowest BCUT2D eigenvalue weighted by Crippen LogP contribution is -2.40. The van der Waals surface area contributed by atoms with Gasteiger partial charge in [-0.05, 0) is 36.3 Å². The van der Waals surface area contributed by atoms with Gasteiger partial charge < -0.3 is 9.88 Å². The number of nitrogens with one attached hydrogen (secondary N) is 1. The molecule has 1 aliphatic rings. The van der Waals surface area contributed by atoms with E-state index < -0.39 is 0 Å².